The van der Waals surface area contributed by atoms with Gasteiger partial charge >= 0.3 is 0 Å². The molecule has 0 saturated carbocycles. The highest BCUT2D eigenvalue weighted by molar-refractivity contribution is 6.42. The maximum atomic E-state index is 13.5. The number of carbonyl (C=O) groups is 1. The molecule has 5 rings (SSSR count). The molecule has 3 fully saturated rings. The van der Waals surface area contributed by atoms with Crippen LogP contribution < -0.4 is 5.32 Å². The van der Waals surface area contributed by atoms with Gasteiger partial charge in [0.15, 0.2) is 0 Å². The van der Waals surface area contributed by atoms with Crippen LogP contribution >= 0.6 is 23.2 Å². The van der Waals surface area contributed by atoms with Crippen LogP contribution in [0.2, 0.25) is 10.0 Å². The highest BCUT2D eigenvalue weighted by Gasteiger charge is 2.39. The van der Waals surface area contributed by atoms with Gasteiger partial charge in [0.2, 0.25) is 0 Å². The maximum Gasteiger partial charge on any atom is 0.272 e. The number of nitrogens with zero attached hydrogens (tertiary/aromatic N) is 4. The molecule has 8 nitrogen and oxygen atoms in total. The second kappa shape index (κ2) is 10.6. The first-order valence-corrected chi connectivity index (χ1v) is 13.0. The Morgan fingerprint density at radius 3 is 2.63 bits per heavy atom. The summed E-state index contributed by atoms with van der Waals surface area (Å²) in [5.74, 6) is 1.08. The number of nitrogens with one attached hydrogen (secondary N) is 1. The van der Waals surface area contributed by atoms with Crippen molar-refractivity contribution in [2.24, 2.45) is 0 Å². The molecule has 1 aromatic heterocycles. The van der Waals surface area contributed by atoms with Crippen molar-refractivity contribution in [3.05, 3.63) is 45.3 Å². The van der Waals surface area contributed by atoms with E-state index in [-0.39, 0.29) is 12.0 Å². The number of morpholine rings is 1. The lowest BCUT2D eigenvalue weighted by Gasteiger charge is -2.49. The second-order valence-corrected chi connectivity index (χ2v) is 10.3. The van der Waals surface area contributed by atoms with Gasteiger partial charge in [0, 0.05) is 49.6 Å². The number of anilines is 2. The molecule has 1 N–H and O–H groups in total. The molecule has 4 heterocycles. The predicted octanol–water partition coefficient (Wildman–Crippen LogP) is 4.24. The highest BCUT2D eigenvalue weighted by Crippen LogP contribution is 2.30. The number of aryl methyl sites for hydroxylation is 1. The number of piperidine rings is 1. The molecule has 1 amide bonds. The Kier molecular flexibility index (Phi) is 7.46. The number of carbonyl (C=O) groups excluding carboxylic acids is 1. The zero-order valence-electron chi connectivity index (χ0n) is 20.1. The Hall–Kier alpha value is -1.97. The summed E-state index contributed by atoms with van der Waals surface area (Å²) in [4.78, 5) is 27.1. The molecule has 188 valence electrons. The fraction of sp³-hybridized carbons (Fsp3) is 0.560. The Morgan fingerprint density at radius 2 is 1.86 bits per heavy atom. The van der Waals surface area contributed by atoms with E-state index in [0.717, 1.165) is 44.7 Å². The Bertz CT molecular complexity index is 1090. The lowest BCUT2D eigenvalue weighted by Crippen LogP contribution is -2.60. The van der Waals surface area contributed by atoms with Crippen molar-refractivity contribution in [3.63, 3.8) is 0 Å². The smallest absolute Gasteiger partial charge is 0.272 e. The van der Waals surface area contributed by atoms with Crippen molar-refractivity contribution in [2.45, 2.75) is 51.3 Å². The van der Waals surface area contributed by atoms with Gasteiger partial charge in [-0.25, -0.2) is 9.97 Å². The van der Waals surface area contributed by atoms with Gasteiger partial charge in [-0.1, -0.05) is 23.2 Å². The minimum Gasteiger partial charge on any atom is -0.379 e. The van der Waals surface area contributed by atoms with Gasteiger partial charge in [0.1, 0.15) is 17.3 Å². The first kappa shape index (κ1) is 24.7. The standard InChI is InChI=1S/C25H31Cl2N5O3/c1-15-23(28-16(2)29-24(15)30-17-3-4-19(26)20(27)13-17)25(33)31-8-5-18(6-9-31)32-10-12-35-22-14-34-11-7-21(22)32/h3-4,13,18,21-22H,5-12,14H2,1-2H3,(H,28,29,30)/t21-,22+/m1/s1. The average molecular weight is 520 g/mol. The van der Waals surface area contributed by atoms with Crippen molar-refractivity contribution in [2.75, 3.05) is 44.8 Å². The third-order valence-corrected chi connectivity index (χ3v) is 7.98. The molecule has 10 heteroatoms. The first-order valence-electron chi connectivity index (χ1n) is 12.2. The van der Waals surface area contributed by atoms with Crippen LogP contribution in [-0.2, 0) is 9.47 Å². The summed E-state index contributed by atoms with van der Waals surface area (Å²) in [5, 5.41) is 4.20. The number of ether oxygens (including phenoxy) is 2. The molecular weight excluding hydrogens is 489 g/mol. The topological polar surface area (TPSA) is 79.8 Å². The summed E-state index contributed by atoms with van der Waals surface area (Å²) in [7, 11) is 0. The highest BCUT2D eigenvalue weighted by atomic mass is 35.5. The number of hydrogen-bond donors (Lipinski definition) is 1. The molecule has 1 aromatic carbocycles. The van der Waals surface area contributed by atoms with Crippen LogP contribution in [0.3, 0.4) is 0 Å². The fourth-order valence-corrected chi connectivity index (χ4v) is 5.69. The Labute approximate surface area is 215 Å². The van der Waals surface area contributed by atoms with Crippen LogP contribution in [-0.4, -0.2) is 83.3 Å². The third-order valence-electron chi connectivity index (χ3n) is 7.24. The maximum absolute atomic E-state index is 13.5. The van der Waals surface area contributed by atoms with E-state index in [4.69, 9.17) is 32.7 Å². The van der Waals surface area contributed by atoms with E-state index in [2.05, 4.69) is 20.2 Å². The molecule has 0 bridgehead atoms. The van der Waals surface area contributed by atoms with E-state index in [9.17, 15) is 4.79 Å². The second-order valence-electron chi connectivity index (χ2n) is 9.45. The lowest BCUT2D eigenvalue weighted by atomic mass is 9.95. The molecule has 0 radical (unpaired) electrons. The number of likely N-dealkylation sites (tertiary alicyclic amines) is 1. The quantitative estimate of drug-likeness (QED) is 0.646. The van der Waals surface area contributed by atoms with Crippen LogP contribution in [0, 0.1) is 13.8 Å². The summed E-state index contributed by atoms with van der Waals surface area (Å²) in [6.07, 6.45) is 3.09. The van der Waals surface area contributed by atoms with Crippen LogP contribution in [0.5, 0.6) is 0 Å². The minimum absolute atomic E-state index is 0.0467. The van der Waals surface area contributed by atoms with Crippen LogP contribution in [0.1, 0.15) is 41.1 Å². The third kappa shape index (κ3) is 5.27. The lowest BCUT2D eigenvalue weighted by molar-refractivity contribution is -0.148. The zero-order valence-corrected chi connectivity index (χ0v) is 21.6. The number of amides is 1. The van der Waals surface area contributed by atoms with Crippen molar-refractivity contribution < 1.29 is 14.3 Å². The van der Waals surface area contributed by atoms with Gasteiger partial charge in [-0.3, -0.25) is 9.69 Å². The molecule has 0 aliphatic carbocycles. The van der Waals surface area contributed by atoms with E-state index < -0.39 is 0 Å². The summed E-state index contributed by atoms with van der Waals surface area (Å²) in [6, 6.07) is 6.18. The van der Waals surface area contributed by atoms with Crippen molar-refractivity contribution >= 4 is 40.6 Å². The van der Waals surface area contributed by atoms with E-state index >= 15 is 0 Å². The number of fused-ring (bicyclic) bond motifs is 1. The Morgan fingerprint density at radius 1 is 1.06 bits per heavy atom. The van der Waals surface area contributed by atoms with Crippen molar-refractivity contribution in [1.82, 2.24) is 19.8 Å². The molecule has 0 spiro atoms. The number of rotatable bonds is 4. The predicted molar refractivity (Wildman–Crippen MR) is 136 cm³/mol. The van der Waals surface area contributed by atoms with Crippen molar-refractivity contribution in [3.8, 4) is 0 Å². The molecule has 35 heavy (non-hydrogen) atoms. The normalized spacial score (nSPS) is 23.7. The minimum atomic E-state index is -0.0467. The number of hydrogen-bond acceptors (Lipinski definition) is 7. The zero-order chi connectivity index (χ0) is 24.5. The van der Waals surface area contributed by atoms with Crippen molar-refractivity contribution in [1.29, 1.82) is 0 Å². The van der Waals surface area contributed by atoms with Gasteiger partial charge < -0.3 is 19.7 Å². The average Bonchev–Trinajstić information content (AvgIpc) is 2.87. The monoisotopic (exact) mass is 519 g/mol. The molecular formula is C25H31Cl2N5O3. The van der Waals surface area contributed by atoms with E-state index in [1.807, 2.05) is 17.9 Å². The van der Waals surface area contributed by atoms with Crippen LogP contribution in [0.15, 0.2) is 18.2 Å². The molecule has 2 aromatic rings. The number of benzene rings is 1. The van der Waals surface area contributed by atoms with E-state index in [1.165, 1.54) is 0 Å². The SMILES string of the molecule is Cc1nc(Nc2ccc(Cl)c(Cl)c2)c(C)c(C(=O)N2CCC(N3CCO[C@H]4COCC[C@H]43)CC2)n1. The fourth-order valence-electron chi connectivity index (χ4n) is 5.39. The molecule has 3 saturated heterocycles. The van der Waals surface area contributed by atoms with E-state index in [0.29, 0.717) is 64.7 Å². The van der Waals surface area contributed by atoms with Crippen LogP contribution in [0.4, 0.5) is 11.5 Å². The largest absolute Gasteiger partial charge is 0.379 e. The summed E-state index contributed by atoms with van der Waals surface area (Å²) < 4.78 is 11.6. The van der Waals surface area contributed by atoms with Gasteiger partial charge in [0.05, 0.1) is 29.4 Å². The molecule has 3 aliphatic heterocycles. The summed E-state index contributed by atoms with van der Waals surface area (Å²) >= 11 is 12.2. The summed E-state index contributed by atoms with van der Waals surface area (Å²) in [5.41, 5.74) is 1.90. The molecule has 2 atom stereocenters. The molecule has 0 unspecified atom stereocenters. The van der Waals surface area contributed by atoms with Gasteiger partial charge in [-0.15, -0.1) is 0 Å². The van der Waals surface area contributed by atoms with E-state index in [1.54, 1.807) is 19.1 Å². The summed E-state index contributed by atoms with van der Waals surface area (Å²) in [6.45, 7) is 8.28. The van der Waals surface area contributed by atoms with Gasteiger partial charge in [-0.2, -0.15) is 0 Å². The number of halogens is 2. The number of aromatic nitrogens is 2. The Balaban J connectivity index is 1.27. The molecule has 3 aliphatic rings. The van der Waals surface area contributed by atoms with Crippen LogP contribution in [0.25, 0.3) is 0 Å². The van der Waals surface area contributed by atoms with Gasteiger partial charge in [-0.05, 0) is 51.3 Å². The first-order chi connectivity index (χ1) is 16.9. The van der Waals surface area contributed by atoms with Gasteiger partial charge in [0.25, 0.3) is 5.91 Å².